The zero-order valence-electron chi connectivity index (χ0n) is 11.8. The van der Waals surface area contributed by atoms with Crippen LogP contribution < -0.4 is 10.6 Å². The molecule has 21 heavy (non-hydrogen) atoms. The van der Waals surface area contributed by atoms with Crippen LogP contribution in [0.4, 0.5) is 5.69 Å². The molecule has 0 aliphatic carbocycles. The van der Waals surface area contributed by atoms with Gasteiger partial charge in [-0.2, -0.15) is 0 Å². The number of carbonyl (C=O) groups excluding carboxylic acids is 2. The van der Waals surface area contributed by atoms with Crippen molar-refractivity contribution >= 4 is 23.5 Å². The molecule has 1 aliphatic rings. The maximum absolute atomic E-state index is 12.2. The summed E-state index contributed by atoms with van der Waals surface area (Å²) in [6.07, 6.45) is 1.58. The Hall–Kier alpha value is -2.37. The first-order valence-electron chi connectivity index (χ1n) is 6.95. The molecular weight excluding hydrogens is 272 g/mol. The fourth-order valence-electron chi connectivity index (χ4n) is 2.42. The standard InChI is InChI=1S/C15H18N2O4/c1-2-3-11(8-14(19)20)16-15(21)9-4-5-12-10(6-9)7-13(18)17-12/h4-6,11H,2-3,7-8H2,1H3,(H,16,21)(H,17,18)(H,19,20). The molecule has 1 atom stereocenters. The largest absolute Gasteiger partial charge is 0.481 e. The highest BCUT2D eigenvalue weighted by Crippen LogP contribution is 2.23. The van der Waals surface area contributed by atoms with Crippen molar-refractivity contribution in [1.82, 2.24) is 5.32 Å². The van der Waals surface area contributed by atoms with Crippen molar-refractivity contribution in [1.29, 1.82) is 0 Å². The smallest absolute Gasteiger partial charge is 0.305 e. The van der Waals surface area contributed by atoms with Crippen molar-refractivity contribution in [3.63, 3.8) is 0 Å². The second-order valence-corrected chi connectivity index (χ2v) is 5.15. The van der Waals surface area contributed by atoms with Crippen molar-refractivity contribution in [2.45, 2.75) is 38.6 Å². The van der Waals surface area contributed by atoms with Crippen molar-refractivity contribution < 1.29 is 19.5 Å². The zero-order valence-corrected chi connectivity index (χ0v) is 11.8. The molecule has 1 aromatic carbocycles. The molecule has 6 heteroatoms. The number of amides is 2. The Balaban J connectivity index is 2.07. The Bertz CT molecular complexity index is 583. The first kappa shape index (κ1) is 15.0. The molecule has 6 nitrogen and oxygen atoms in total. The molecule has 1 unspecified atom stereocenters. The van der Waals surface area contributed by atoms with Gasteiger partial charge in [0.05, 0.1) is 12.8 Å². The van der Waals surface area contributed by atoms with Gasteiger partial charge in [-0.1, -0.05) is 13.3 Å². The molecular formula is C15H18N2O4. The minimum Gasteiger partial charge on any atom is -0.481 e. The van der Waals surface area contributed by atoms with Crippen LogP contribution in [-0.4, -0.2) is 28.9 Å². The number of benzene rings is 1. The molecule has 0 saturated carbocycles. The number of hydrogen-bond donors (Lipinski definition) is 3. The van der Waals surface area contributed by atoms with Crippen molar-refractivity contribution in [3.05, 3.63) is 29.3 Å². The van der Waals surface area contributed by atoms with Gasteiger partial charge in [0.15, 0.2) is 0 Å². The molecule has 1 aliphatic heterocycles. The van der Waals surface area contributed by atoms with Gasteiger partial charge >= 0.3 is 5.97 Å². The minimum absolute atomic E-state index is 0.0858. The van der Waals surface area contributed by atoms with Gasteiger partial charge < -0.3 is 15.7 Å². The molecule has 0 spiro atoms. The lowest BCUT2D eigenvalue weighted by Gasteiger charge is -2.16. The van der Waals surface area contributed by atoms with Crippen molar-refractivity contribution in [2.24, 2.45) is 0 Å². The molecule has 0 aromatic heterocycles. The highest BCUT2D eigenvalue weighted by atomic mass is 16.4. The Labute approximate surface area is 122 Å². The Morgan fingerprint density at radius 3 is 2.86 bits per heavy atom. The molecule has 1 aromatic rings. The molecule has 2 amide bonds. The summed E-state index contributed by atoms with van der Waals surface area (Å²) in [5, 5.41) is 14.3. The predicted octanol–water partition coefficient (Wildman–Crippen LogP) is 1.55. The van der Waals surface area contributed by atoms with Crippen molar-refractivity contribution in [2.75, 3.05) is 5.32 Å². The quantitative estimate of drug-likeness (QED) is 0.740. The van der Waals surface area contributed by atoms with E-state index >= 15 is 0 Å². The highest BCUT2D eigenvalue weighted by Gasteiger charge is 2.21. The maximum Gasteiger partial charge on any atom is 0.305 e. The van der Waals surface area contributed by atoms with Crippen LogP contribution in [0.3, 0.4) is 0 Å². The van der Waals surface area contributed by atoms with Gasteiger partial charge in [-0.25, -0.2) is 0 Å². The number of hydrogen-bond acceptors (Lipinski definition) is 3. The number of fused-ring (bicyclic) bond motifs is 1. The second kappa shape index (κ2) is 6.39. The van der Waals surface area contributed by atoms with Gasteiger partial charge in [-0.15, -0.1) is 0 Å². The first-order valence-corrected chi connectivity index (χ1v) is 6.95. The number of carboxylic acids is 1. The van der Waals surface area contributed by atoms with Crippen LogP contribution in [0.5, 0.6) is 0 Å². The lowest BCUT2D eigenvalue weighted by molar-refractivity contribution is -0.137. The molecule has 0 bridgehead atoms. The van der Waals surface area contributed by atoms with E-state index in [-0.39, 0.29) is 30.7 Å². The summed E-state index contributed by atoms with van der Waals surface area (Å²) in [6, 6.07) is 4.62. The zero-order chi connectivity index (χ0) is 15.4. The van der Waals surface area contributed by atoms with Gasteiger partial charge in [-0.05, 0) is 30.2 Å². The third-order valence-corrected chi connectivity index (χ3v) is 3.39. The van der Waals surface area contributed by atoms with Gasteiger partial charge in [0.25, 0.3) is 5.91 Å². The fraction of sp³-hybridized carbons (Fsp3) is 0.400. The monoisotopic (exact) mass is 290 g/mol. The van der Waals surface area contributed by atoms with Crippen molar-refractivity contribution in [3.8, 4) is 0 Å². The van der Waals surface area contributed by atoms with Crippen LogP contribution in [-0.2, 0) is 16.0 Å². The molecule has 0 radical (unpaired) electrons. The minimum atomic E-state index is -0.933. The Morgan fingerprint density at radius 1 is 1.43 bits per heavy atom. The molecule has 0 saturated heterocycles. The lowest BCUT2D eigenvalue weighted by atomic mass is 10.1. The molecule has 0 fully saturated rings. The van der Waals surface area contributed by atoms with E-state index in [1.165, 1.54) is 0 Å². The number of anilines is 1. The average Bonchev–Trinajstić information content (AvgIpc) is 2.77. The summed E-state index contributed by atoms with van der Waals surface area (Å²) in [5.41, 5.74) is 1.96. The summed E-state index contributed by atoms with van der Waals surface area (Å²) in [6.45, 7) is 1.94. The first-order chi connectivity index (χ1) is 9.99. The Morgan fingerprint density at radius 2 is 2.19 bits per heavy atom. The number of carbonyl (C=O) groups is 3. The summed E-state index contributed by atoms with van der Waals surface area (Å²) in [5.74, 6) is -1.33. The number of nitrogens with one attached hydrogen (secondary N) is 2. The van der Waals surface area contributed by atoms with E-state index in [1.807, 2.05) is 6.92 Å². The van der Waals surface area contributed by atoms with E-state index in [0.717, 1.165) is 17.7 Å². The van der Waals surface area contributed by atoms with Gasteiger partial charge in [0, 0.05) is 17.3 Å². The lowest BCUT2D eigenvalue weighted by Crippen LogP contribution is -2.36. The van der Waals surface area contributed by atoms with Gasteiger partial charge in [0.1, 0.15) is 0 Å². The molecule has 112 valence electrons. The van der Waals surface area contributed by atoms with E-state index < -0.39 is 5.97 Å². The highest BCUT2D eigenvalue weighted by molar-refractivity contribution is 6.01. The summed E-state index contributed by atoms with van der Waals surface area (Å²) >= 11 is 0. The predicted molar refractivity (Wildman–Crippen MR) is 77.2 cm³/mol. The summed E-state index contributed by atoms with van der Waals surface area (Å²) in [4.78, 5) is 34.3. The van der Waals surface area contributed by atoms with Crippen LogP contribution in [0.25, 0.3) is 0 Å². The normalized spacial score (nSPS) is 14.2. The number of carboxylic acid groups (broad SMARTS) is 1. The average molecular weight is 290 g/mol. The molecule has 3 N–H and O–H groups in total. The number of rotatable bonds is 6. The van der Waals surface area contributed by atoms with Crippen LogP contribution >= 0.6 is 0 Å². The molecule has 1 heterocycles. The van der Waals surface area contributed by atoms with E-state index in [2.05, 4.69) is 10.6 Å². The van der Waals surface area contributed by atoms with Crippen LogP contribution in [0.2, 0.25) is 0 Å². The summed E-state index contributed by atoms with van der Waals surface area (Å²) < 4.78 is 0. The Kier molecular flexibility index (Phi) is 4.57. The SMILES string of the molecule is CCCC(CC(=O)O)NC(=O)c1ccc2c(c1)CC(=O)N2. The van der Waals surface area contributed by atoms with Gasteiger partial charge in [0.2, 0.25) is 5.91 Å². The van der Waals surface area contributed by atoms with Crippen LogP contribution in [0.15, 0.2) is 18.2 Å². The number of aliphatic carboxylic acids is 1. The fourth-order valence-corrected chi connectivity index (χ4v) is 2.42. The van der Waals surface area contributed by atoms with Crippen LogP contribution in [0, 0.1) is 0 Å². The van der Waals surface area contributed by atoms with Gasteiger partial charge in [-0.3, -0.25) is 14.4 Å². The third-order valence-electron chi connectivity index (χ3n) is 3.39. The second-order valence-electron chi connectivity index (χ2n) is 5.15. The van der Waals surface area contributed by atoms with E-state index in [1.54, 1.807) is 18.2 Å². The topological polar surface area (TPSA) is 95.5 Å². The summed E-state index contributed by atoms with van der Waals surface area (Å²) in [7, 11) is 0. The molecule has 2 rings (SSSR count). The third kappa shape index (κ3) is 3.81. The van der Waals surface area contributed by atoms with Crippen LogP contribution in [0.1, 0.15) is 42.1 Å². The van der Waals surface area contributed by atoms with E-state index in [9.17, 15) is 14.4 Å². The van der Waals surface area contributed by atoms with E-state index in [0.29, 0.717) is 12.0 Å². The van der Waals surface area contributed by atoms with E-state index in [4.69, 9.17) is 5.11 Å². The maximum atomic E-state index is 12.2.